The number of amides is 1. The molecule has 0 radical (unpaired) electrons. The van der Waals surface area contributed by atoms with Gasteiger partial charge < -0.3 is 20.7 Å². The number of carbonyl (C=O) groups excluding carboxylic acids is 1. The highest BCUT2D eigenvalue weighted by atomic mass is 16.5. The predicted molar refractivity (Wildman–Crippen MR) is 77.0 cm³/mol. The molecule has 1 amide bonds. The third-order valence-electron chi connectivity index (χ3n) is 2.20. The summed E-state index contributed by atoms with van der Waals surface area (Å²) in [6.45, 7) is 7.68. The van der Waals surface area contributed by atoms with Gasteiger partial charge in [0.1, 0.15) is 0 Å². The zero-order valence-corrected chi connectivity index (χ0v) is 12.2. The molecule has 0 fully saturated rings. The summed E-state index contributed by atoms with van der Waals surface area (Å²) in [5.41, 5.74) is 0. The first-order valence-electron chi connectivity index (χ1n) is 6.82. The standard InChI is InChI=1S/C12H22N6O2/c1-4-7-14-10-16-11(15-8-9(19)13-5-2)18-12(17-10)20-6-3/h4-8H2,1-3H3,(H,13,19)(H2,14,15,16,17,18). The number of likely N-dealkylation sites (N-methyl/N-ethyl adjacent to an activating group) is 1. The van der Waals surface area contributed by atoms with E-state index in [0.717, 1.165) is 13.0 Å². The summed E-state index contributed by atoms with van der Waals surface area (Å²) in [4.78, 5) is 23.8. The van der Waals surface area contributed by atoms with Gasteiger partial charge in [-0.3, -0.25) is 4.79 Å². The maximum Gasteiger partial charge on any atom is 0.323 e. The van der Waals surface area contributed by atoms with Gasteiger partial charge in [0.15, 0.2) is 0 Å². The topological polar surface area (TPSA) is 101 Å². The Kier molecular flexibility index (Phi) is 7.08. The third-order valence-corrected chi connectivity index (χ3v) is 2.20. The molecule has 0 saturated heterocycles. The maximum absolute atomic E-state index is 11.4. The van der Waals surface area contributed by atoms with Crippen molar-refractivity contribution in [3.8, 4) is 6.01 Å². The molecule has 1 rings (SSSR count). The quantitative estimate of drug-likeness (QED) is 0.611. The zero-order valence-electron chi connectivity index (χ0n) is 12.2. The summed E-state index contributed by atoms with van der Waals surface area (Å²) < 4.78 is 5.28. The Balaban J connectivity index is 2.71. The van der Waals surface area contributed by atoms with Crippen LogP contribution in [-0.2, 0) is 4.79 Å². The average molecular weight is 282 g/mol. The summed E-state index contributed by atoms with van der Waals surface area (Å²) in [6.07, 6.45) is 0.956. The molecule has 0 aliphatic carbocycles. The zero-order chi connectivity index (χ0) is 14.8. The fourth-order valence-corrected chi connectivity index (χ4v) is 1.36. The van der Waals surface area contributed by atoms with Crippen LogP contribution in [0, 0.1) is 0 Å². The van der Waals surface area contributed by atoms with Gasteiger partial charge in [-0.15, -0.1) is 0 Å². The smallest absolute Gasteiger partial charge is 0.323 e. The molecular formula is C12H22N6O2. The fourth-order valence-electron chi connectivity index (χ4n) is 1.36. The number of aromatic nitrogens is 3. The Bertz CT molecular complexity index is 426. The second kappa shape index (κ2) is 8.89. The van der Waals surface area contributed by atoms with Crippen LogP contribution in [0.25, 0.3) is 0 Å². The van der Waals surface area contributed by atoms with E-state index < -0.39 is 0 Å². The first kappa shape index (κ1) is 15.9. The Morgan fingerprint density at radius 1 is 1.10 bits per heavy atom. The van der Waals surface area contributed by atoms with Crippen molar-refractivity contribution < 1.29 is 9.53 Å². The van der Waals surface area contributed by atoms with Crippen LogP contribution in [0.2, 0.25) is 0 Å². The number of nitrogens with zero attached hydrogens (tertiary/aromatic N) is 3. The van der Waals surface area contributed by atoms with Crippen molar-refractivity contribution in [3.05, 3.63) is 0 Å². The van der Waals surface area contributed by atoms with Crippen molar-refractivity contribution in [3.63, 3.8) is 0 Å². The van der Waals surface area contributed by atoms with Gasteiger partial charge in [0.25, 0.3) is 0 Å². The molecule has 0 saturated carbocycles. The molecule has 3 N–H and O–H groups in total. The molecule has 8 heteroatoms. The molecular weight excluding hydrogens is 260 g/mol. The van der Waals surface area contributed by atoms with Gasteiger partial charge in [-0.1, -0.05) is 6.92 Å². The average Bonchev–Trinajstić information content (AvgIpc) is 2.43. The molecule has 112 valence electrons. The first-order valence-corrected chi connectivity index (χ1v) is 6.82. The van der Waals surface area contributed by atoms with E-state index in [-0.39, 0.29) is 18.5 Å². The number of hydrogen-bond acceptors (Lipinski definition) is 7. The summed E-state index contributed by atoms with van der Waals surface area (Å²) >= 11 is 0. The summed E-state index contributed by atoms with van der Waals surface area (Å²) in [7, 11) is 0. The molecule has 1 aromatic heterocycles. The Labute approximate surface area is 118 Å². The lowest BCUT2D eigenvalue weighted by Gasteiger charge is -2.09. The van der Waals surface area contributed by atoms with Gasteiger partial charge in [0.2, 0.25) is 17.8 Å². The Morgan fingerprint density at radius 2 is 1.80 bits per heavy atom. The Morgan fingerprint density at radius 3 is 2.40 bits per heavy atom. The monoisotopic (exact) mass is 282 g/mol. The number of rotatable bonds is 9. The van der Waals surface area contributed by atoms with Crippen molar-refractivity contribution >= 4 is 17.8 Å². The lowest BCUT2D eigenvalue weighted by atomic mass is 10.5. The largest absolute Gasteiger partial charge is 0.464 e. The van der Waals surface area contributed by atoms with Crippen LogP contribution in [0.3, 0.4) is 0 Å². The van der Waals surface area contributed by atoms with Crippen LogP contribution >= 0.6 is 0 Å². The lowest BCUT2D eigenvalue weighted by molar-refractivity contribution is -0.119. The number of hydrogen-bond donors (Lipinski definition) is 3. The normalized spacial score (nSPS) is 9.95. The minimum Gasteiger partial charge on any atom is -0.464 e. The number of ether oxygens (including phenoxy) is 1. The molecule has 0 aromatic carbocycles. The molecule has 0 bridgehead atoms. The van der Waals surface area contributed by atoms with Gasteiger partial charge >= 0.3 is 6.01 Å². The van der Waals surface area contributed by atoms with Gasteiger partial charge in [-0.2, -0.15) is 15.0 Å². The minimum absolute atomic E-state index is 0.108. The van der Waals surface area contributed by atoms with E-state index in [9.17, 15) is 4.79 Å². The first-order chi connectivity index (χ1) is 9.69. The highest BCUT2D eigenvalue weighted by molar-refractivity contribution is 5.80. The van der Waals surface area contributed by atoms with Gasteiger partial charge in [-0.25, -0.2) is 0 Å². The van der Waals surface area contributed by atoms with E-state index in [0.29, 0.717) is 25.0 Å². The van der Waals surface area contributed by atoms with Crippen LogP contribution in [0.5, 0.6) is 6.01 Å². The summed E-state index contributed by atoms with van der Waals surface area (Å²) in [5.74, 6) is 0.631. The lowest BCUT2D eigenvalue weighted by Crippen LogP contribution is -2.30. The molecule has 0 aliphatic rings. The summed E-state index contributed by atoms with van der Waals surface area (Å²) in [6, 6.07) is 0.236. The van der Waals surface area contributed by atoms with Gasteiger partial charge in [0, 0.05) is 13.1 Å². The van der Waals surface area contributed by atoms with E-state index in [4.69, 9.17) is 4.74 Å². The maximum atomic E-state index is 11.4. The molecule has 0 aliphatic heterocycles. The highest BCUT2D eigenvalue weighted by Gasteiger charge is 2.08. The van der Waals surface area contributed by atoms with Gasteiger partial charge in [0.05, 0.1) is 13.2 Å². The van der Waals surface area contributed by atoms with E-state index >= 15 is 0 Å². The van der Waals surface area contributed by atoms with Crippen LogP contribution in [0.4, 0.5) is 11.9 Å². The van der Waals surface area contributed by atoms with E-state index in [1.54, 1.807) is 0 Å². The van der Waals surface area contributed by atoms with E-state index in [1.165, 1.54) is 0 Å². The molecule has 0 unspecified atom stereocenters. The molecule has 1 heterocycles. The molecule has 0 spiro atoms. The van der Waals surface area contributed by atoms with E-state index in [1.807, 2.05) is 20.8 Å². The van der Waals surface area contributed by atoms with E-state index in [2.05, 4.69) is 30.9 Å². The number of nitrogens with one attached hydrogen (secondary N) is 3. The summed E-state index contributed by atoms with van der Waals surface area (Å²) in [5, 5.41) is 8.60. The van der Waals surface area contributed by atoms with Crippen molar-refractivity contribution in [1.29, 1.82) is 0 Å². The molecule has 0 atom stereocenters. The van der Waals surface area contributed by atoms with Crippen molar-refractivity contribution in [2.75, 3.05) is 36.9 Å². The predicted octanol–water partition coefficient (Wildman–Crippen LogP) is 0.640. The van der Waals surface area contributed by atoms with Gasteiger partial charge in [-0.05, 0) is 20.3 Å². The van der Waals surface area contributed by atoms with Crippen molar-refractivity contribution in [2.24, 2.45) is 0 Å². The molecule has 20 heavy (non-hydrogen) atoms. The molecule has 1 aromatic rings. The van der Waals surface area contributed by atoms with Crippen LogP contribution in [-0.4, -0.2) is 47.1 Å². The number of anilines is 2. The van der Waals surface area contributed by atoms with Crippen molar-refractivity contribution in [2.45, 2.75) is 27.2 Å². The SMILES string of the molecule is CCCNc1nc(NCC(=O)NCC)nc(OCC)n1. The third kappa shape index (κ3) is 5.68. The van der Waals surface area contributed by atoms with Crippen LogP contribution in [0.15, 0.2) is 0 Å². The second-order valence-corrected chi connectivity index (χ2v) is 3.93. The number of carbonyl (C=O) groups is 1. The highest BCUT2D eigenvalue weighted by Crippen LogP contribution is 2.10. The fraction of sp³-hybridized carbons (Fsp3) is 0.667. The van der Waals surface area contributed by atoms with Crippen molar-refractivity contribution in [1.82, 2.24) is 20.3 Å². The minimum atomic E-state index is -0.117. The Hall–Kier alpha value is -2.12. The van der Waals surface area contributed by atoms with Crippen LogP contribution < -0.4 is 20.7 Å². The molecule has 8 nitrogen and oxygen atoms in total. The van der Waals surface area contributed by atoms with Crippen LogP contribution in [0.1, 0.15) is 27.2 Å². The second-order valence-electron chi connectivity index (χ2n) is 3.93.